The number of hydrogen-bond acceptors (Lipinski definition) is 2. The molecule has 1 unspecified atom stereocenters. The molecule has 0 bridgehead atoms. The van der Waals surface area contributed by atoms with Crippen LogP contribution in [0.5, 0.6) is 5.75 Å². The SMILES string of the molecule is COc1cc(C)ccc1C(N)CC1CC1. The molecule has 0 heterocycles. The van der Waals surface area contributed by atoms with Crippen LogP contribution in [0.2, 0.25) is 0 Å². The molecule has 2 heteroatoms. The molecule has 1 atom stereocenters. The Labute approximate surface area is 91.4 Å². The van der Waals surface area contributed by atoms with Crippen molar-refractivity contribution in [1.82, 2.24) is 0 Å². The molecule has 0 spiro atoms. The van der Waals surface area contributed by atoms with Crippen molar-refractivity contribution in [2.75, 3.05) is 7.11 Å². The van der Waals surface area contributed by atoms with Crippen LogP contribution in [0.15, 0.2) is 18.2 Å². The molecule has 1 aliphatic rings. The number of nitrogens with two attached hydrogens (primary N) is 1. The van der Waals surface area contributed by atoms with Crippen LogP contribution in [0.3, 0.4) is 0 Å². The number of rotatable bonds is 4. The Morgan fingerprint density at radius 3 is 2.80 bits per heavy atom. The summed E-state index contributed by atoms with van der Waals surface area (Å²) in [7, 11) is 1.71. The number of aryl methyl sites for hydroxylation is 1. The van der Waals surface area contributed by atoms with Crippen LogP contribution in [-0.4, -0.2) is 7.11 Å². The van der Waals surface area contributed by atoms with Gasteiger partial charge in [-0.25, -0.2) is 0 Å². The predicted molar refractivity (Wildman–Crippen MR) is 62.0 cm³/mol. The molecule has 0 saturated heterocycles. The van der Waals surface area contributed by atoms with E-state index in [0.717, 1.165) is 23.7 Å². The van der Waals surface area contributed by atoms with Crippen LogP contribution in [0.4, 0.5) is 0 Å². The monoisotopic (exact) mass is 205 g/mol. The Morgan fingerprint density at radius 1 is 1.47 bits per heavy atom. The number of hydrogen-bond donors (Lipinski definition) is 1. The summed E-state index contributed by atoms with van der Waals surface area (Å²) in [6.07, 6.45) is 3.79. The summed E-state index contributed by atoms with van der Waals surface area (Å²) in [6, 6.07) is 6.39. The van der Waals surface area contributed by atoms with E-state index in [9.17, 15) is 0 Å². The fourth-order valence-electron chi connectivity index (χ4n) is 1.96. The molecule has 0 amide bonds. The molecule has 0 radical (unpaired) electrons. The van der Waals surface area contributed by atoms with E-state index < -0.39 is 0 Å². The van der Waals surface area contributed by atoms with Gasteiger partial charge in [-0.3, -0.25) is 0 Å². The van der Waals surface area contributed by atoms with E-state index in [1.54, 1.807) is 7.11 Å². The summed E-state index contributed by atoms with van der Waals surface area (Å²) in [5, 5.41) is 0. The first-order valence-electron chi connectivity index (χ1n) is 5.61. The van der Waals surface area contributed by atoms with Gasteiger partial charge in [0.05, 0.1) is 7.11 Å². The maximum Gasteiger partial charge on any atom is 0.123 e. The highest BCUT2D eigenvalue weighted by Crippen LogP contribution is 2.38. The Bertz CT molecular complexity index is 344. The van der Waals surface area contributed by atoms with Crippen LogP contribution in [0.25, 0.3) is 0 Å². The molecule has 1 aromatic rings. The fourth-order valence-corrected chi connectivity index (χ4v) is 1.96. The highest BCUT2D eigenvalue weighted by Gasteiger charge is 2.25. The molecule has 1 aromatic carbocycles. The van der Waals surface area contributed by atoms with Gasteiger partial charge in [0.25, 0.3) is 0 Å². The lowest BCUT2D eigenvalue weighted by atomic mass is 10.00. The summed E-state index contributed by atoms with van der Waals surface area (Å²) in [5.74, 6) is 1.79. The third-order valence-electron chi connectivity index (χ3n) is 3.07. The fraction of sp³-hybridized carbons (Fsp3) is 0.538. The van der Waals surface area contributed by atoms with E-state index in [2.05, 4.69) is 25.1 Å². The van der Waals surface area contributed by atoms with Gasteiger partial charge in [0.15, 0.2) is 0 Å². The molecular formula is C13H19NO. The third kappa shape index (κ3) is 2.51. The molecule has 2 rings (SSSR count). The number of benzene rings is 1. The molecule has 1 fully saturated rings. The minimum Gasteiger partial charge on any atom is -0.496 e. The van der Waals surface area contributed by atoms with Gasteiger partial charge in [0.2, 0.25) is 0 Å². The predicted octanol–water partition coefficient (Wildman–Crippen LogP) is 2.80. The van der Waals surface area contributed by atoms with Crippen LogP contribution in [0.1, 0.15) is 36.4 Å². The lowest BCUT2D eigenvalue weighted by molar-refractivity contribution is 0.402. The molecule has 2 N–H and O–H groups in total. The molecule has 0 aromatic heterocycles. The van der Waals surface area contributed by atoms with Crippen molar-refractivity contribution in [2.45, 2.75) is 32.2 Å². The zero-order chi connectivity index (χ0) is 10.8. The van der Waals surface area contributed by atoms with Crippen molar-refractivity contribution in [1.29, 1.82) is 0 Å². The molecule has 1 aliphatic carbocycles. The second-order valence-corrected chi connectivity index (χ2v) is 4.53. The lowest BCUT2D eigenvalue weighted by Gasteiger charge is -2.15. The maximum atomic E-state index is 6.18. The quantitative estimate of drug-likeness (QED) is 0.820. The first kappa shape index (κ1) is 10.5. The Kier molecular flexibility index (Phi) is 2.96. The van der Waals surface area contributed by atoms with Crippen molar-refractivity contribution in [3.8, 4) is 5.75 Å². The Hall–Kier alpha value is -1.02. The van der Waals surface area contributed by atoms with Crippen LogP contribution < -0.4 is 10.5 Å². The lowest BCUT2D eigenvalue weighted by Crippen LogP contribution is -2.12. The van der Waals surface area contributed by atoms with Gasteiger partial charge in [0.1, 0.15) is 5.75 Å². The Morgan fingerprint density at radius 2 is 2.20 bits per heavy atom. The summed E-state index contributed by atoms with van der Waals surface area (Å²) in [6.45, 7) is 2.07. The van der Waals surface area contributed by atoms with Gasteiger partial charge in [-0.15, -0.1) is 0 Å². The second kappa shape index (κ2) is 4.23. The molecular weight excluding hydrogens is 186 g/mol. The van der Waals surface area contributed by atoms with Crippen LogP contribution in [0, 0.1) is 12.8 Å². The first-order valence-corrected chi connectivity index (χ1v) is 5.61. The minimum absolute atomic E-state index is 0.132. The summed E-state index contributed by atoms with van der Waals surface area (Å²) < 4.78 is 5.37. The number of methoxy groups -OCH3 is 1. The van der Waals surface area contributed by atoms with Gasteiger partial charge in [-0.1, -0.05) is 25.0 Å². The zero-order valence-corrected chi connectivity index (χ0v) is 9.49. The normalized spacial score (nSPS) is 17.5. The van der Waals surface area contributed by atoms with Gasteiger partial charge in [-0.2, -0.15) is 0 Å². The average Bonchev–Trinajstić information content (AvgIpc) is 3.01. The highest BCUT2D eigenvalue weighted by molar-refractivity contribution is 5.39. The van der Waals surface area contributed by atoms with Crippen molar-refractivity contribution < 1.29 is 4.74 Å². The topological polar surface area (TPSA) is 35.2 Å². The van der Waals surface area contributed by atoms with E-state index in [4.69, 9.17) is 10.5 Å². The second-order valence-electron chi connectivity index (χ2n) is 4.53. The third-order valence-corrected chi connectivity index (χ3v) is 3.07. The van der Waals surface area contributed by atoms with E-state index in [0.29, 0.717) is 0 Å². The van der Waals surface area contributed by atoms with Gasteiger partial charge < -0.3 is 10.5 Å². The molecule has 1 saturated carbocycles. The largest absolute Gasteiger partial charge is 0.496 e. The molecule has 82 valence electrons. The van der Waals surface area contributed by atoms with E-state index in [1.807, 2.05) is 0 Å². The number of ether oxygens (including phenoxy) is 1. The molecule has 2 nitrogen and oxygen atoms in total. The van der Waals surface area contributed by atoms with Crippen LogP contribution >= 0.6 is 0 Å². The van der Waals surface area contributed by atoms with Gasteiger partial charge >= 0.3 is 0 Å². The highest BCUT2D eigenvalue weighted by atomic mass is 16.5. The van der Waals surface area contributed by atoms with Crippen molar-refractivity contribution >= 4 is 0 Å². The maximum absolute atomic E-state index is 6.18. The summed E-state index contributed by atoms with van der Waals surface area (Å²) >= 11 is 0. The van der Waals surface area contributed by atoms with E-state index >= 15 is 0 Å². The van der Waals surface area contributed by atoms with Crippen molar-refractivity contribution in [2.24, 2.45) is 11.7 Å². The van der Waals surface area contributed by atoms with Crippen molar-refractivity contribution in [3.05, 3.63) is 29.3 Å². The molecule has 0 aliphatic heterocycles. The summed E-state index contributed by atoms with van der Waals surface area (Å²) in [4.78, 5) is 0. The van der Waals surface area contributed by atoms with Gasteiger partial charge in [0, 0.05) is 11.6 Å². The van der Waals surface area contributed by atoms with E-state index in [1.165, 1.54) is 18.4 Å². The zero-order valence-electron chi connectivity index (χ0n) is 9.49. The minimum atomic E-state index is 0.132. The van der Waals surface area contributed by atoms with Crippen LogP contribution in [-0.2, 0) is 0 Å². The van der Waals surface area contributed by atoms with E-state index in [-0.39, 0.29) is 6.04 Å². The standard InChI is InChI=1S/C13H19NO/c1-9-3-6-11(13(7-9)15-2)12(14)8-10-4-5-10/h3,6-7,10,12H,4-5,8,14H2,1-2H3. The van der Waals surface area contributed by atoms with Crippen molar-refractivity contribution in [3.63, 3.8) is 0 Å². The summed E-state index contributed by atoms with van der Waals surface area (Å²) in [5.41, 5.74) is 8.55. The Balaban J connectivity index is 2.17. The average molecular weight is 205 g/mol. The molecule has 15 heavy (non-hydrogen) atoms. The smallest absolute Gasteiger partial charge is 0.123 e. The van der Waals surface area contributed by atoms with Gasteiger partial charge in [-0.05, 0) is 30.9 Å². The first-order chi connectivity index (χ1) is 7.20.